The van der Waals surface area contributed by atoms with E-state index >= 15 is 0 Å². The summed E-state index contributed by atoms with van der Waals surface area (Å²) in [6.07, 6.45) is 2.67. The fourth-order valence-corrected chi connectivity index (χ4v) is 2.58. The van der Waals surface area contributed by atoms with Crippen molar-refractivity contribution in [2.24, 2.45) is 0 Å². The number of nitrogens with zero attached hydrogens (tertiary/aromatic N) is 4. The van der Waals surface area contributed by atoms with Crippen molar-refractivity contribution in [3.05, 3.63) is 86.1 Å². The third-order valence-electron chi connectivity index (χ3n) is 4.02. The molecule has 0 saturated heterocycles. The van der Waals surface area contributed by atoms with Crippen LogP contribution in [0.5, 0.6) is 0 Å². The lowest BCUT2D eigenvalue weighted by molar-refractivity contribution is -0.385. The second-order valence-electron chi connectivity index (χ2n) is 5.94. The van der Waals surface area contributed by atoms with Gasteiger partial charge in [0, 0.05) is 41.1 Å². The highest BCUT2D eigenvalue weighted by atomic mass is 16.6. The highest BCUT2D eigenvalue weighted by Crippen LogP contribution is 2.26. The van der Waals surface area contributed by atoms with Gasteiger partial charge < -0.3 is 5.32 Å². The molecule has 30 heavy (non-hydrogen) atoms. The molecule has 11 nitrogen and oxygen atoms in total. The summed E-state index contributed by atoms with van der Waals surface area (Å²) < 4.78 is 0. The number of H-pyrrole nitrogens is 1. The highest BCUT2D eigenvalue weighted by molar-refractivity contribution is 6.10. The van der Waals surface area contributed by atoms with Crippen LogP contribution in [0.3, 0.4) is 0 Å². The summed E-state index contributed by atoms with van der Waals surface area (Å²) >= 11 is 0. The molecule has 3 rings (SSSR count). The number of nitriles is 1. The molecule has 2 N–H and O–H groups in total. The van der Waals surface area contributed by atoms with E-state index in [1.54, 1.807) is 12.1 Å². The minimum Gasteiger partial charge on any atom is -0.321 e. The van der Waals surface area contributed by atoms with E-state index in [9.17, 15) is 30.3 Å². The van der Waals surface area contributed by atoms with E-state index in [2.05, 4.69) is 15.5 Å². The Hall–Kier alpha value is -4.85. The van der Waals surface area contributed by atoms with Gasteiger partial charge in [0.05, 0.1) is 21.7 Å². The lowest BCUT2D eigenvalue weighted by Gasteiger charge is -2.04. The number of benzene rings is 2. The van der Waals surface area contributed by atoms with Crippen LogP contribution in [0.4, 0.5) is 17.1 Å². The minimum absolute atomic E-state index is 0.117. The number of carbonyl (C=O) groups is 1. The van der Waals surface area contributed by atoms with E-state index in [1.807, 2.05) is 0 Å². The van der Waals surface area contributed by atoms with Crippen LogP contribution >= 0.6 is 0 Å². The lowest BCUT2D eigenvalue weighted by atomic mass is 10.1. The molecule has 2 aromatic carbocycles. The molecule has 0 fully saturated rings. The average molecular weight is 404 g/mol. The van der Waals surface area contributed by atoms with Crippen molar-refractivity contribution in [1.29, 1.82) is 5.26 Å². The molecule has 0 saturated carbocycles. The number of amides is 1. The van der Waals surface area contributed by atoms with Crippen molar-refractivity contribution in [2.45, 2.75) is 0 Å². The normalized spacial score (nSPS) is 10.8. The Kier molecular flexibility index (Phi) is 5.60. The molecular formula is C19H12N6O5. The van der Waals surface area contributed by atoms with Crippen molar-refractivity contribution in [2.75, 3.05) is 5.32 Å². The number of nitrogens with one attached hydrogen (secondary N) is 2. The second-order valence-corrected chi connectivity index (χ2v) is 5.94. The summed E-state index contributed by atoms with van der Waals surface area (Å²) in [4.78, 5) is 33.0. The Morgan fingerprint density at radius 2 is 1.80 bits per heavy atom. The molecule has 0 bridgehead atoms. The van der Waals surface area contributed by atoms with Crippen molar-refractivity contribution in [1.82, 2.24) is 10.2 Å². The molecule has 0 aliphatic heterocycles. The quantitative estimate of drug-likeness (QED) is 0.274. The molecule has 148 valence electrons. The molecule has 1 amide bonds. The third-order valence-corrected chi connectivity index (χ3v) is 4.02. The lowest BCUT2D eigenvalue weighted by Crippen LogP contribution is -2.13. The first-order valence-electron chi connectivity index (χ1n) is 8.35. The summed E-state index contributed by atoms with van der Waals surface area (Å²) in [5, 5.41) is 40.1. The van der Waals surface area contributed by atoms with Gasteiger partial charge in [0.15, 0.2) is 0 Å². The van der Waals surface area contributed by atoms with E-state index in [1.165, 1.54) is 54.7 Å². The van der Waals surface area contributed by atoms with Crippen LogP contribution in [0.1, 0.15) is 5.56 Å². The molecule has 0 atom stereocenters. The zero-order valence-electron chi connectivity index (χ0n) is 15.1. The highest BCUT2D eigenvalue weighted by Gasteiger charge is 2.15. The fraction of sp³-hybridized carbons (Fsp3) is 0. The van der Waals surface area contributed by atoms with Crippen molar-refractivity contribution in [3.63, 3.8) is 0 Å². The molecular weight excluding hydrogens is 392 g/mol. The van der Waals surface area contributed by atoms with Crippen LogP contribution in [0, 0.1) is 31.6 Å². The van der Waals surface area contributed by atoms with E-state index in [0.29, 0.717) is 16.8 Å². The zero-order valence-corrected chi connectivity index (χ0v) is 15.1. The zero-order chi connectivity index (χ0) is 21.7. The molecule has 0 aliphatic carbocycles. The number of hydrogen-bond acceptors (Lipinski definition) is 7. The number of nitro benzene ring substituents is 2. The summed E-state index contributed by atoms with van der Waals surface area (Å²) in [5.74, 6) is -0.724. The van der Waals surface area contributed by atoms with E-state index in [4.69, 9.17) is 0 Å². The number of aromatic nitrogens is 2. The van der Waals surface area contributed by atoms with Crippen molar-refractivity contribution < 1.29 is 14.6 Å². The average Bonchev–Trinajstić information content (AvgIpc) is 3.20. The van der Waals surface area contributed by atoms with E-state index in [-0.39, 0.29) is 22.6 Å². The Bertz CT molecular complexity index is 1210. The standard InChI is InChI=1S/C19H12N6O5/c20-10-13(19(26)22-15-4-6-16(7-5-15)24(27)28)8-14-11-21-23-18(14)12-2-1-3-17(9-12)25(29)30/h1-9,11H,(H,21,23)(H,22,26)/b13-8+. The largest absolute Gasteiger partial charge is 0.321 e. The van der Waals surface area contributed by atoms with Crippen LogP contribution in [0.2, 0.25) is 0 Å². The number of aromatic amines is 1. The number of carbonyl (C=O) groups excluding carboxylic acids is 1. The van der Waals surface area contributed by atoms with Gasteiger partial charge in [-0.2, -0.15) is 10.4 Å². The van der Waals surface area contributed by atoms with Crippen LogP contribution < -0.4 is 5.32 Å². The van der Waals surface area contributed by atoms with Gasteiger partial charge >= 0.3 is 0 Å². The van der Waals surface area contributed by atoms with Crippen LogP contribution in [-0.2, 0) is 4.79 Å². The Labute approximate surface area is 168 Å². The monoisotopic (exact) mass is 404 g/mol. The maximum atomic E-state index is 12.4. The molecule has 0 aliphatic rings. The van der Waals surface area contributed by atoms with Crippen LogP contribution in [0.25, 0.3) is 17.3 Å². The summed E-state index contributed by atoms with van der Waals surface area (Å²) in [6, 6.07) is 12.7. The van der Waals surface area contributed by atoms with Gasteiger partial charge in [0.2, 0.25) is 0 Å². The molecule has 1 aromatic heterocycles. The first-order chi connectivity index (χ1) is 14.4. The number of non-ortho nitro benzene ring substituents is 2. The second kappa shape index (κ2) is 8.44. The Balaban J connectivity index is 1.87. The third kappa shape index (κ3) is 4.34. The first-order valence-corrected chi connectivity index (χ1v) is 8.35. The van der Waals surface area contributed by atoms with Gasteiger partial charge in [0.1, 0.15) is 11.6 Å². The molecule has 3 aromatic rings. The maximum Gasteiger partial charge on any atom is 0.270 e. The van der Waals surface area contributed by atoms with Gasteiger partial charge in [-0.25, -0.2) is 0 Å². The summed E-state index contributed by atoms with van der Waals surface area (Å²) in [6.45, 7) is 0. The summed E-state index contributed by atoms with van der Waals surface area (Å²) in [7, 11) is 0. The van der Waals surface area contributed by atoms with Crippen LogP contribution in [0.15, 0.2) is 60.3 Å². The molecule has 1 heterocycles. The predicted octanol–water partition coefficient (Wildman–Crippen LogP) is 3.44. The molecule has 0 unspecified atom stereocenters. The predicted molar refractivity (Wildman–Crippen MR) is 106 cm³/mol. The van der Waals surface area contributed by atoms with Gasteiger partial charge in [-0.3, -0.25) is 30.1 Å². The van der Waals surface area contributed by atoms with Crippen molar-refractivity contribution in [3.8, 4) is 17.3 Å². The molecule has 0 spiro atoms. The van der Waals surface area contributed by atoms with Gasteiger partial charge in [-0.1, -0.05) is 12.1 Å². The number of hydrogen-bond donors (Lipinski definition) is 2. The Morgan fingerprint density at radius 3 is 2.43 bits per heavy atom. The van der Waals surface area contributed by atoms with Gasteiger partial charge in [-0.15, -0.1) is 0 Å². The Morgan fingerprint density at radius 1 is 1.10 bits per heavy atom. The number of nitro groups is 2. The number of rotatable bonds is 6. The van der Waals surface area contributed by atoms with Crippen LogP contribution in [-0.4, -0.2) is 26.0 Å². The fourth-order valence-electron chi connectivity index (χ4n) is 2.58. The maximum absolute atomic E-state index is 12.4. The molecule has 0 radical (unpaired) electrons. The van der Waals surface area contributed by atoms with Gasteiger partial charge in [0.25, 0.3) is 17.3 Å². The van der Waals surface area contributed by atoms with Crippen molar-refractivity contribution >= 4 is 29.0 Å². The first kappa shape index (κ1) is 19.9. The SMILES string of the molecule is N#C/C(=C\c1cn[nH]c1-c1cccc([N+](=O)[O-])c1)C(=O)Nc1ccc([N+](=O)[O-])cc1. The smallest absolute Gasteiger partial charge is 0.270 e. The van der Waals surface area contributed by atoms with E-state index < -0.39 is 15.8 Å². The van der Waals surface area contributed by atoms with E-state index in [0.717, 1.165) is 0 Å². The molecule has 11 heteroatoms. The van der Waals surface area contributed by atoms with Gasteiger partial charge in [-0.05, 0) is 18.2 Å². The minimum atomic E-state index is -0.724. The topological polar surface area (TPSA) is 168 Å². The summed E-state index contributed by atoms with van der Waals surface area (Å²) in [5.41, 5.74) is 1.01. The number of anilines is 1.